The van der Waals surface area contributed by atoms with Gasteiger partial charge in [0.1, 0.15) is 16.9 Å². The van der Waals surface area contributed by atoms with Gasteiger partial charge in [0.05, 0.1) is 6.20 Å². The minimum atomic E-state index is -4.65. The van der Waals surface area contributed by atoms with E-state index in [-0.39, 0.29) is 17.0 Å². The number of aryl methyl sites for hydroxylation is 2. The van der Waals surface area contributed by atoms with Gasteiger partial charge < -0.3 is 9.84 Å². The summed E-state index contributed by atoms with van der Waals surface area (Å²) in [5.41, 5.74) is -1.13. The van der Waals surface area contributed by atoms with Crippen molar-refractivity contribution in [3.05, 3.63) is 53.1 Å². The van der Waals surface area contributed by atoms with Gasteiger partial charge in [-0.25, -0.2) is 4.39 Å². The van der Waals surface area contributed by atoms with Crippen molar-refractivity contribution < 1.29 is 26.9 Å². The van der Waals surface area contributed by atoms with E-state index in [4.69, 9.17) is 4.52 Å². The fraction of sp³-hybridized carbons (Fsp3) is 0.368. The van der Waals surface area contributed by atoms with E-state index in [1.165, 1.54) is 13.1 Å². The van der Waals surface area contributed by atoms with Crippen LogP contribution < -0.4 is 5.32 Å². The molecule has 3 heterocycles. The molecule has 0 aromatic carbocycles. The Morgan fingerprint density at radius 1 is 1.30 bits per heavy atom. The predicted molar refractivity (Wildman–Crippen MR) is 95.7 cm³/mol. The maximum absolute atomic E-state index is 14.2. The molecule has 0 saturated heterocycles. The molecule has 11 heteroatoms. The molecule has 1 amide bonds. The number of rotatable bonds is 5. The molecule has 1 N–H and O–H groups in total. The van der Waals surface area contributed by atoms with E-state index in [1.54, 1.807) is 6.07 Å². The van der Waals surface area contributed by atoms with E-state index < -0.39 is 29.1 Å². The SMILES string of the molecule is CCc1cc(-c2cc(C3(NC(=O)c4cc(C(F)(F)F)nn4C)CC3)on2)c(F)cn1. The molecule has 0 atom stereocenters. The van der Waals surface area contributed by atoms with Gasteiger partial charge in [0.2, 0.25) is 0 Å². The van der Waals surface area contributed by atoms with Crippen LogP contribution in [0, 0.1) is 5.82 Å². The summed E-state index contributed by atoms with van der Waals surface area (Å²) in [5.74, 6) is -0.979. The number of pyridine rings is 1. The molecule has 3 aromatic heterocycles. The number of aromatic nitrogens is 4. The standard InChI is InChI=1S/C19H17F4N5O2/c1-3-10-6-11(12(20)9-24-10)13-7-16(30-27-13)18(4-5-18)25-17(29)14-8-15(19(21,22)23)26-28(14)2/h6-9H,3-5H2,1-2H3,(H,25,29). The van der Waals surface area contributed by atoms with Crippen molar-refractivity contribution >= 4 is 5.91 Å². The normalized spacial score (nSPS) is 15.3. The molecule has 7 nitrogen and oxygen atoms in total. The summed E-state index contributed by atoms with van der Waals surface area (Å²) in [6.07, 6.45) is -1.91. The molecule has 0 aliphatic heterocycles. The van der Waals surface area contributed by atoms with E-state index in [0.29, 0.717) is 36.8 Å². The summed E-state index contributed by atoms with van der Waals surface area (Å²) < 4.78 is 58.9. The van der Waals surface area contributed by atoms with Crippen LogP contribution in [0.5, 0.6) is 0 Å². The zero-order chi connectivity index (χ0) is 21.7. The number of carbonyl (C=O) groups excluding carboxylic acids is 1. The van der Waals surface area contributed by atoms with Gasteiger partial charge in [-0.1, -0.05) is 12.1 Å². The Hall–Kier alpha value is -3.24. The number of amides is 1. The third-order valence-electron chi connectivity index (χ3n) is 5.04. The smallest absolute Gasteiger partial charge is 0.358 e. The highest BCUT2D eigenvalue weighted by Gasteiger charge is 2.50. The van der Waals surface area contributed by atoms with Crippen molar-refractivity contribution in [3.63, 3.8) is 0 Å². The fourth-order valence-electron chi connectivity index (χ4n) is 3.16. The van der Waals surface area contributed by atoms with Crippen molar-refractivity contribution in [1.29, 1.82) is 0 Å². The highest BCUT2D eigenvalue weighted by Crippen LogP contribution is 2.46. The van der Waals surface area contributed by atoms with E-state index in [1.807, 2.05) is 6.92 Å². The lowest BCUT2D eigenvalue weighted by Gasteiger charge is -2.13. The molecule has 1 aliphatic carbocycles. The van der Waals surface area contributed by atoms with Crippen molar-refractivity contribution in [1.82, 2.24) is 25.2 Å². The average molecular weight is 423 g/mol. The highest BCUT2D eigenvalue weighted by atomic mass is 19.4. The molecule has 158 valence electrons. The number of carbonyl (C=O) groups is 1. The minimum absolute atomic E-state index is 0.223. The number of halogens is 4. The highest BCUT2D eigenvalue weighted by molar-refractivity contribution is 5.93. The first-order valence-corrected chi connectivity index (χ1v) is 9.19. The summed E-state index contributed by atoms with van der Waals surface area (Å²) in [5, 5.41) is 9.95. The quantitative estimate of drug-likeness (QED) is 0.634. The summed E-state index contributed by atoms with van der Waals surface area (Å²) in [4.78, 5) is 16.6. The van der Waals surface area contributed by atoms with Gasteiger partial charge in [-0.2, -0.15) is 18.3 Å². The fourth-order valence-corrected chi connectivity index (χ4v) is 3.16. The third-order valence-corrected chi connectivity index (χ3v) is 5.04. The molecule has 0 unspecified atom stereocenters. The van der Waals surface area contributed by atoms with Crippen molar-refractivity contribution in [2.24, 2.45) is 7.05 Å². The Bertz CT molecular complexity index is 1110. The first-order valence-electron chi connectivity index (χ1n) is 9.19. The van der Waals surface area contributed by atoms with Crippen LogP contribution >= 0.6 is 0 Å². The summed E-state index contributed by atoms with van der Waals surface area (Å²) in [7, 11) is 1.26. The van der Waals surface area contributed by atoms with Gasteiger partial charge in [-0.05, 0) is 25.3 Å². The zero-order valence-electron chi connectivity index (χ0n) is 16.0. The van der Waals surface area contributed by atoms with Crippen LogP contribution in [0.3, 0.4) is 0 Å². The number of hydrogen-bond donors (Lipinski definition) is 1. The Morgan fingerprint density at radius 2 is 2.03 bits per heavy atom. The van der Waals surface area contributed by atoms with E-state index >= 15 is 0 Å². The van der Waals surface area contributed by atoms with Gasteiger partial charge in [0.15, 0.2) is 17.3 Å². The van der Waals surface area contributed by atoms with Crippen LogP contribution in [-0.4, -0.2) is 25.8 Å². The predicted octanol–water partition coefficient (Wildman–Crippen LogP) is 3.61. The van der Waals surface area contributed by atoms with Gasteiger partial charge in [0.25, 0.3) is 5.91 Å². The van der Waals surface area contributed by atoms with Gasteiger partial charge >= 0.3 is 6.18 Å². The number of alkyl halides is 3. The Morgan fingerprint density at radius 3 is 2.63 bits per heavy atom. The monoisotopic (exact) mass is 423 g/mol. The molecule has 1 aliphatic rings. The number of nitrogens with one attached hydrogen (secondary N) is 1. The topological polar surface area (TPSA) is 85.8 Å². The minimum Gasteiger partial charge on any atom is -0.358 e. The Kier molecular flexibility index (Phi) is 4.63. The second-order valence-corrected chi connectivity index (χ2v) is 7.16. The largest absolute Gasteiger partial charge is 0.435 e. The van der Waals surface area contributed by atoms with E-state index in [0.717, 1.165) is 10.9 Å². The molecular formula is C19H17F4N5O2. The molecule has 0 spiro atoms. The molecule has 0 radical (unpaired) electrons. The van der Waals surface area contributed by atoms with Crippen molar-refractivity contribution in [3.8, 4) is 11.3 Å². The third kappa shape index (κ3) is 3.55. The zero-order valence-corrected chi connectivity index (χ0v) is 16.0. The first kappa shape index (κ1) is 20.0. The van der Waals surface area contributed by atoms with E-state index in [9.17, 15) is 22.4 Å². The van der Waals surface area contributed by atoms with Crippen LogP contribution in [0.1, 0.15) is 47.4 Å². The lowest BCUT2D eigenvalue weighted by Crippen LogP contribution is -2.35. The van der Waals surface area contributed by atoms with Crippen LogP contribution in [0.2, 0.25) is 0 Å². The number of nitrogens with zero attached hydrogens (tertiary/aromatic N) is 4. The molecular weight excluding hydrogens is 406 g/mol. The Labute approximate surface area is 168 Å². The lowest BCUT2D eigenvalue weighted by molar-refractivity contribution is -0.141. The molecule has 1 saturated carbocycles. The van der Waals surface area contributed by atoms with Crippen molar-refractivity contribution in [2.45, 2.75) is 37.9 Å². The number of hydrogen-bond acceptors (Lipinski definition) is 5. The molecule has 0 bridgehead atoms. The van der Waals surface area contributed by atoms with Crippen LogP contribution in [0.4, 0.5) is 17.6 Å². The van der Waals surface area contributed by atoms with Crippen LogP contribution in [0.25, 0.3) is 11.3 Å². The van der Waals surface area contributed by atoms with Gasteiger partial charge in [0, 0.05) is 30.4 Å². The summed E-state index contributed by atoms with van der Waals surface area (Å²) in [6, 6.07) is 3.79. The Balaban J connectivity index is 1.58. The maximum Gasteiger partial charge on any atom is 0.435 e. The summed E-state index contributed by atoms with van der Waals surface area (Å²) >= 11 is 0. The van der Waals surface area contributed by atoms with Crippen molar-refractivity contribution in [2.75, 3.05) is 0 Å². The van der Waals surface area contributed by atoms with Gasteiger partial charge in [-0.15, -0.1) is 0 Å². The molecule has 30 heavy (non-hydrogen) atoms. The molecule has 4 rings (SSSR count). The second kappa shape index (κ2) is 6.92. The van der Waals surface area contributed by atoms with Gasteiger partial charge in [-0.3, -0.25) is 14.5 Å². The van der Waals surface area contributed by atoms with Crippen LogP contribution in [0.15, 0.2) is 28.9 Å². The maximum atomic E-state index is 14.2. The van der Waals surface area contributed by atoms with Crippen LogP contribution in [-0.2, 0) is 25.2 Å². The first-order chi connectivity index (χ1) is 14.1. The molecule has 3 aromatic rings. The molecule has 1 fully saturated rings. The summed E-state index contributed by atoms with van der Waals surface area (Å²) in [6.45, 7) is 1.88. The van der Waals surface area contributed by atoms with E-state index in [2.05, 4.69) is 20.6 Å². The second-order valence-electron chi connectivity index (χ2n) is 7.16. The lowest BCUT2D eigenvalue weighted by atomic mass is 10.1. The average Bonchev–Trinajstić information content (AvgIpc) is 3.12.